The second kappa shape index (κ2) is 7.11. The van der Waals surface area contributed by atoms with Crippen LogP contribution in [0, 0.1) is 11.8 Å². The second-order valence-corrected chi connectivity index (χ2v) is 6.81. The summed E-state index contributed by atoms with van der Waals surface area (Å²) in [6.07, 6.45) is -0.523. The Bertz CT molecular complexity index is 371. The van der Waals surface area contributed by atoms with E-state index in [0.29, 0.717) is 19.8 Å². The van der Waals surface area contributed by atoms with Crippen LogP contribution >= 0.6 is 0 Å². The molecule has 122 valence electrons. The summed E-state index contributed by atoms with van der Waals surface area (Å²) in [5.74, 6) is -0.188. The molecule has 0 radical (unpaired) electrons. The van der Waals surface area contributed by atoms with E-state index in [9.17, 15) is 9.59 Å². The summed E-state index contributed by atoms with van der Waals surface area (Å²) in [4.78, 5) is 25.6. The largest absolute Gasteiger partial charge is 0.464 e. The number of hydrogen-bond donors (Lipinski definition) is 0. The predicted molar refractivity (Wildman–Crippen MR) is 77.9 cm³/mol. The summed E-state index contributed by atoms with van der Waals surface area (Å²) in [7, 11) is 1.56. The van der Waals surface area contributed by atoms with Gasteiger partial charge in [-0.05, 0) is 26.7 Å². The lowest BCUT2D eigenvalue weighted by Crippen LogP contribution is -2.48. The monoisotopic (exact) mass is 301 g/mol. The highest BCUT2D eigenvalue weighted by Crippen LogP contribution is 2.17. The van der Waals surface area contributed by atoms with E-state index in [1.165, 1.54) is 4.90 Å². The maximum atomic E-state index is 12.2. The first kappa shape index (κ1) is 17.8. The van der Waals surface area contributed by atoms with Crippen molar-refractivity contribution in [2.75, 3.05) is 26.9 Å². The molecule has 1 rings (SSSR count). The van der Waals surface area contributed by atoms with Crippen LogP contribution in [-0.2, 0) is 19.0 Å². The van der Waals surface area contributed by atoms with Crippen LogP contribution in [0.15, 0.2) is 0 Å². The van der Waals surface area contributed by atoms with Gasteiger partial charge in [-0.15, -0.1) is 0 Å². The molecule has 0 saturated carbocycles. The topological polar surface area (TPSA) is 65.1 Å². The third-order valence-electron chi connectivity index (χ3n) is 3.14. The van der Waals surface area contributed by atoms with Crippen molar-refractivity contribution in [1.29, 1.82) is 0 Å². The zero-order chi connectivity index (χ0) is 16.2. The Morgan fingerprint density at radius 3 is 2.24 bits per heavy atom. The smallest absolute Gasteiger partial charge is 0.410 e. The molecule has 0 aromatic heterocycles. The molecule has 21 heavy (non-hydrogen) atoms. The van der Waals surface area contributed by atoms with E-state index >= 15 is 0 Å². The number of nitrogens with zero attached hydrogens (tertiary/aromatic N) is 1. The van der Waals surface area contributed by atoms with Crippen molar-refractivity contribution in [1.82, 2.24) is 4.90 Å². The Hall–Kier alpha value is -1.30. The van der Waals surface area contributed by atoms with Crippen LogP contribution in [0.5, 0.6) is 0 Å². The van der Waals surface area contributed by atoms with Gasteiger partial charge in [0.05, 0.1) is 19.8 Å². The lowest BCUT2D eigenvalue weighted by Gasteiger charge is -2.32. The first-order valence-electron chi connectivity index (χ1n) is 7.32. The summed E-state index contributed by atoms with van der Waals surface area (Å²) < 4.78 is 15.6. The molecule has 6 heteroatoms. The van der Waals surface area contributed by atoms with Crippen molar-refractivity contribution in [3.8, 4) is 0 Å². The van der Waals surface area contributed by atoms with Crippen molar-refractivity contribution >= 4 is 12.1 Å². The Morgan fingerprint density at radius 2 is 1.86 bits per heavy atom. The molecular weight excluding hydrogens is 274 g/mol. The molecule has 6 nitrogen and oxygen atoms in total. The van der Waals surface area contributed by atoms with Gasteiger partial charge >= 0.3 is 12.1 Å². The molecule has 0 N–H and O–H groups in total. The second-order valence-electron chi connectivity index (χ2n) is 6.81. The van der Waals surface area contributed by atoms with Crippen LogP contribution in [0.2, 0.25) is 0 Å². The zero-order valence-corrected chi connectivity index (χ0v) is 13.8. The van der Waals surface area contributed by atoms with Crippen LogP contribution in [0.4, 0.5) is 4.79 Å². The molecule has 0 aliphatic carbocycles. The van der Waals surface area contributed by atoms with Crippen molar-refractivity contribution in [3.05, 3.63) is 0 Å². The minimum Gasteiger partial charge on any atom is -0.464 e. The fourth-order valence-electron chi connectivity index (χ4n) is 1.99. The average molecular weight is 301 g/mol. The number of carbonyl (C=O) groups excluding carboxylic acids is 2. The maximum Gasteiger partial charge on any atom is 0.410 e. The predicted octanol–water partition coefficient (Wildman–Crippen LogP) is 2.07. The minimum atomic E-state index is -0.652. The van der Waals surface area contributed by atoms with Crippen LogP contribution in [-0.4, -0.2) is 55.5 Å². The summed E-state index contributed by atoms with van der Waals surface area (Å²) in [5, 5.41) is 0. The molecule has 0 bridgehead atoms. The summed E-state index contributed by atoms with van der Waals surface area (Å²) in [6, 6.07) is -0.652. The van der Waals surface area contributed by atoms with Gasteiger partial charge in [-0.3, -0.25) is 4.90 Å². The van der Waals surface area contributed by atoms with Gasteiger partial charge in [0.2, 0.25) is 0 Å². The summed E-state index contributed by atoms with van der Waals surface area (Å²) in [6.45, 7) is 10.7. The van der Waals surface area contributed by atoms with Crippen molar-refractivity contribution in [2.45, 2.75) is 46.3 Å². The van der Waals surface area contributed by atoms with E-state index in [1.807, 2.05) is 13.8 Å². The van der Waals surface area contributed by atoms with Gasteiger partial charge in [-0.2, -0.15) is 0 Å². The SMILES string of the molecule is CC(C)[C@@H](C(=O)OCC1COC1)N(C)C(=O)OC(C)(C)C. The minimum absolute atomic E-state index is 0.0624. The molecule has 1 aliphatic rings. The van der Waals surface area contributed by atoms with Gasteiger partial charge in [-0.1, -0.05) is 13.8 Å². The molecule has 0 aromatic carbocycles. The Labute approximate surface area is 126 Å². The summed E-state index contributed by atoms with van der Waals surface area (Å²) in [5.41, 5.74) is -0.597. The lowest BCUT2D eigenvalue weighted by atomic mass is 10.0. The molecule has 1 amide bonds. The van der Waals surface area contributed by atoms with E-state index < -0.39 is 23.7 Å². The van der Waals surface area contributed by atoms with Crippen LogP contribution in [0.3, 0.4) is 0 Å². The van der Waals surface area contributed by atoms with Crippen LogP contribution < -0.4 is 0 Å². The van der Waals surface area contributed by atoms with Crippen LogP contribution in [0.1, 0.15) is 34.6 Å². The maximum absolute atomic E-state index is 12.2. The highest BCUT2D eigenvalue weighted by atomic mass is 16.6. The summed E-state index contributed by atoms with van der Waals surface area (Å²) >= 11 is 0. The highest BCUT2D eigenvalue weighted by molar-refractivity contribution is 5.81. The zero-order valence-electron chi connectivity index (χ0n) is 13.8. The fraction of sp³-hybridized carbons (Fsp3) is 0.867. The van der Waals surface area contributed by atoms with E-state index in [1.54, 1.807) is 27.8 Å². The van der Waals surface area contributed by atoms with E-state index in [4.69, 9.17) is 14.2 Å². The highest BCUT2D eigenvalue weighted by Gasteiger charge is 2.34. The number of rotatable bonds is 5. The number of ether oxygens (including phenoxy) is 3. The van der Waals surface area contributed by atoms with Gasteiger partial charge in [-0.25, -0.2) is 9.59 Å². The Morgan fingerprint density at radius 1 is 1.29 bits per heavy atom. The Kier molecular flexibility index (Phi) is 6.01. The molecule has 0 unspecified atom stereocenters. The van der Waals surface area contributed by atoms with Gasteiger partial charge in [0.1, 0.15) is 11.6 Å². The third-order valence-corrected chi connectivity index (χ3v) is 3.14. The number of amides is 1. The standard InChI is InChI=1S/C15H27NO5/c1-10(2)12(13(17)20-9-11-7-19-8-11)16(6)14(18)21-15(3,4)5/h10-12H,7-9H2,1-6H3/t12-/m0/s1. The molecule has 1 saturated heterocycles. The van der Waals surface area contributed by atoms with Gasteiger partial charge in [0.25, 0.3) is 0 Å². The van der Waals surface area contributed by atoms with E-state index in [0.717, 1.165) is 0 Å². The molecule has 0 aromatic rings. The fourth-order valence-corrected chi connectivity index (χ4v) is 1.99. The van der Waals surface area contributed by atoms with Gasteiger partial charge in [0.15, 0.2) is 0 Å². The lowest BCUT2D eigenvalue weighted by molar-refractivity contribution is -0.157. The van der Waals surface area contributed by atoms with Crippen molar-refractivity contribution < 1.29 is 23.8 Å². The average Bonchev–Trinajstić information content (AvgIpc) is 2.23. The molecule has 1 aliphatic heterocycles. The van der Waals surface area contributed by atoms with Gasteiger partial charge in [0, 0.05) is 13.0 Å². The van der Waals surface area contributed by atoms with Gasteiger partial charge < -0.3 is 14.2 Å². The quantitative estimate of drug-likeness (QED) is 0.727. The normalized spacial score (nSPS) is 17.1. The Balaban J connectivity index is 2.61. The molecule has 1 atom stereocenters. The molecule has 1 heterocycles. The third kappa shape index (κ3) is 5.53. The van der Waals surface area contributed by atoms with Crippen LogP contribution in [0.25, 0.3) is 0 Å². The molecule has 0 spiro atoms. The number of esters is 1. The molecular formula is C15H27NO5. The number of carbonyl (C=O) groups is 2. The van der Waals surface area contributed by atoms with Crippen molar-refractivity contribution in [2.24, 2.45) is 11.8 Å². The number of likely N-dealkylation sites (N-methyl/N-ethyl adjacent to an activating group) is 1. The van der Waals surface area contributed by atoms with E-state index in [2.05, 4.69) is 0 Å². The van der Waals surface area contributed by atoms with E-state index in [-0.39, 0.29) is 11.8 Å². The molecule has 1 fully saturated rings. The first-order chi connectivity index (χ1) is 9.61. The van der Waals surface area contributed by atoms with Crippen molar-refractivity contribution in [3.63, 3.8) is 0 Å². The number of hydrogen-bond acceptors (Lipinski definition) is 5. The first-order valence-corrected chi connectivity index (χ1v) is 7.32.